The topological polar surface area (TPSA) is 89.8 Å². The summed E-state index contributed by atoms with van der Waals surface area (Å²) in [4.78, 5) is 12.5. The van der Waals surface area contributed by atoms with Crippen LogP contribution in [0.25, 0.3) is 0 Å². The van der Waals surface area contributed by atoms with E-state index >= 15 is 0 Å². The van der Waals surface area contributed by atoms with E-state index in [1.807, 2.05) is 0 Å². The summed E-state index contributed by atoms with van der Waals surface area (Å²) in [6.07, 6.45) is 71.2. The highest BCUT2D eigenvalue weighted by Gasteiger charge is 2.26. The van der Waals surface area contributed by atoms with Crippen LogP contribution in [0.15, 0.2) is 12.2 Å². The summed E-state index contributed by atoms with van der Waals surface area (Å²) < 4.78 is 0. The lowest BCUT2D eigenvalue weighted by molar-refractivity contribution is -0.124. The van der Waals surface area contributed by atoms with Crippen molar-refractivity contribution in [1.29, 1.82) is 0 Å². The fraction of sp³-hybridized carbons (Fsp3) is 0.951. The Bertz CT molecular complexity index is 940. The summed E-state index contributed by atoms with van der Waals surface area (Å²) in [7, 11) is 0. The molecule has 3 unspecified atom stereocenters. The number of allylic oxidation sites excluding steroid dienone is 2. The first-order valence-corrected chi connectivity index (χ1v) is 30.5. The molecule has 0 aliphatic carbocycles. The largest absolute Gasteiger partial charge is 0.394 e. The van der Waals surface area contributed by atoms with Crippen LogP contribution in [0.2, 0.25) is 0 Å². The molecule has 5 heteroatoms. The first-order valence-electron chi connectivity index (χ1n) is 30.5. The molecule has 0 heterocycles. The third-order valence-corrected chi connectivity index (χ3v) is 14.6. The molecule has 394 valence electrons. The van der Waals surface area contributed by atoms with Gasteiger partial charge in [-0.1, -0.05) is 315 Å². The van der Waals surface area contributed by atoms with Crippen molar-refractivity contribution in [3.63, 3.8) is 0 Å². The normalized spacial score (nSPS) is 13.2. The summed E-state index contributed by atoms with van der Waals surface area (Å²) in [6, 6.07) is -0.822. The second-order valence-electron chi connectivity index (χ2n) is 21.3. The predicted molar refractivity (Wildman–Crippen MR) is 292 cm³/mol. The Morgan fingerprint density at radius 2 is 0.606 bits per heavy atom. The minimum Gasteiger partial charge on any atom is -0.394 e. The van der Waals surface area contributed by atoms with Crippen LogP contribution in [-0.4, -0.2) is 46.1 Å². The van der Waals surface area contributed by atoms with Gasteiger partial charge in [0.05, 0.1) is 18.8 Å². The third-order valence-electron chi connectivity index (χ3n) is 14.6. The van der Waals surface area contributed by atoms with Gasteiger partial charge in [0.1, 0.15) is 6.10 Å². The maximum absolute atomic E-state index is 12.5. The van der Waals surface area contributed by atoms with E-state index in [1.165, 1.54) is 283 Å². The number of rotatable bonds is 57. The molecule has 4 N–H and O–H groups in total. The van der Waals surface area contributed by atoms with Crippen molar-refractivity contribution >= 4 is 5.91 Å². The SMILES string of the molecule is CCCCCCCCCCCCCC/C=C/CCCC(O)C(O)C(CO)NC(=O)CCCCCCCCCCCCCCCCCCCCCCCCCCCCCCCCCCCCC. The minimum atomic E-state index is -1.16. The Hall–Kier alpha value is -0.910. The van der Waals surface area contributed by atoms with E-state index in [0.29, 0.717) is 12.8 Å². The molecular weight excluding hydrogens is 811 g/mol. The van der Waals surface area contributed by atoms with Crippen molar-refractivity contribution in [3.8, 4) is 0 Å². The molecule has 0 bridgehead atoms. The minimum absolute atomic E-state index is 0.146. The number of carbonyl (C=O) groups is 1. The van der Waals surface area contributed by atoms with E-state index in [9.17, 15) is 20.1 Å². The highest BCUT2D eigenvalue weighted by atomic mass is 16.3. The molecule has 0 aromatic carbocycles. The third kappa shape index (κ3) is 51.0. The second-order valence-corrected chi connectivity index (χ2v) is 21.3. The second kappa shape index (κ2) is 56.7. The summed E-state index contributed by atoms with van der Waals surface area (Å²) in [5.74, 6) is -0.146. The Labute approximate surface area is 414 Å². The van der Waals surface area contributed by atoms with Crippen LogP contribution < -0.4 is 5.32 Å². The Morgan fingerprint density at radius 3 is 0.879 bits per heavy atom. The van der Waals surface area contributed by atoms with Gasteiger partial charge in [-0.25, -0.2) is 0 Å². The number of amides is 1. The van der Waals surface area contributed by atoms with Crippen LogP contribution in [0.3, 0.4) is 0 Å². The van der Waals surface area contributed by atoms with Crippen molar-refractivity contribution in [2.45, 2.75) is 366 Å². The molecule has 0 aliphatic heterocycles. The molecule has 0 fully saturated rings. The molecule has 0 aliphatic rings. The number of hydrogen-bond donors (Lipinski definition) is 4. The van der Waals surface area contributed by atoms with Gasteiger partial charge in [-0.2, -0.15) is 0 Å². The molecule has 0 saturated carbocycles. The van der Waals surface area contributed by atoms with E-state index in [1.54, 1.807) is 0 Å². The molecule has 1 amide bonds. The van der Waals surface area contributed by atoms with Gasteiger partial charge in [-0.3, -0.25) is 4.79 Å². The molecule has 5 nitrogen and oxygen atoms in total. The van der Waals surface area contributed by atoms with Gasteiger partial charge < -0.3 is 20.6 Å². The zero-order valence-corrected chi connectivity index (χ0v) is 45.1. The number of aliphatic hydroxyl groups excluding tert-OH is 3. The van der Waals surface area contributed by atoms with Crippen LogP contribution in [0.5, 0.6) is 0 Å². The van der Waals surface area contributed by atoms with Gasteiger partial charge in [0.2, 0.25) is 5.91 Å². The van der Waals surface area contributed by atoms with Crippen molar-refractivity contribution < 1.29 is 20.1 Å². The monoisotopic (exact) mass is 932 g/mol. The van der Waals surface area contributed by atoms with Crippen molar-refractivity contribution in [1.82, 2.24) is 5.32 Å². The zero-order chi connectivity index (χ0) is 47.9. The fourth-order valence-electron chi connectivity index (χ4n) is 9.93. The lowest BCUT2D eigenvalue weighted by atomic mass is 10.0. The first-order chi connectivity index (χ1) is 32.6. The Morgan fingerprint density at radius 1 is 0.364 bits per heavy atom. The molecule has 0 saturated heterocycles. The van der Waals surface area contributed by atoms with Crippen molar-refractivity contribution in [3.05, 3.63) is 12.2 Å². The van der Waals surface area contributed by atoms with E-state index < -0.39 is 18.2 Å². The van der Waals surface area contributed by atoms with Crippen LogP contribution in [0, 0.1) is 0 Å². The van der Waals surface area contributed by atoms with Gasteiger partial charge >= 0.3 is 0 Å². The molecule has 0 aromatic heterocycles. The van der Waals surface area contributed by atoms with E-state index in [2.05, 4.69) is 31.3 Å². The molecule has 0 rings (SSSR count). The molecule has 0 radical (unpaired) electrons. The number of carbonyl (C=O) groups excluding carboxylic acids is 1. The lowest BCUT2D eigenvalue weighted by Gasteiger charge is -2.26. The predicted octanol–water partition coefficient (Wildman–Crippen LogP) is 19.1. The van der Waals surface area contributed by atoms with Crippen LogP contribution in [-0.2, 0) is 4.79 Å². The van der Waals surface area contributed by atoms with Crippen molar-refractivity contribution in [2.75, 3.05) is 6.61 Å². The fourth-order valence-corrected chi connectivity index (χ4v) is 9.93. The van der Waals surface area contributed by atoms with Crippen LogP contribution in [0.1, 0.15) is 348 Å². The summed E-state index contributed by atoms with van der Waals surface area (Å²) >= 11 is 0. The molecule has 0 aromatic rings. The van der Waals surface area contributed by atoms with Gasteiger partial charge in [0.15, 0.2) is 0 Å². The number of hydrogen-bond acceptors (Lipinski definition) is 4. The van der Waals surface area contributed by atoms with Crippen LogP contribution in [0.4, 0.5) is 0 Å². The van der Waals surface area contributed by atoms with Crippen LogP contribution >= 0.6 is 0 Å². The molecular formula is C61H121NO4. The van der Waals surface area contributed by atoms with Gasteiger partial charge in [-0.15, -0.1) is 0 Å². The molecule has 0 spiro atoms. The van der Waals surface area contributed by atoms with Gasteiger partial charge in [0, 0.05) is 6.42 Å². The Balaban J connectivity index is 3.44. The summed E-state index contributed by atoms with van der Waals surface area (Å²) in [5.41, 5.74) is 0. The van der Waals surface area contributed by atoms with Crippen molar-refractivity contribution in [2.24, 2.45) is 0 Å². The molecule has 3 atom stereocenters. The van der Waals surface area contributed by atoms with E-state index in [0.717, 1.165) is 38.5 Å². The summed E-state index contributed by atoms with van der Waals surface area (Å²) in [5, 5.41) is 33.7. The highest BCUT2D eigenvalue weighted by Crippen LogP contribution is 2.19. The standard InChI is InChI=1S/C61H121NO4/c1-3-5-7-9-11-13-15-17-19-21-22-23-24-25-26-27-28-29-30-31-32-33-34-35-36-37-38-40-42-44-46-48-50-52-54-56-60(65)62-58(57-63)61(66)59(64)55-53-51-49-47-45-43-41-39-20-18-16-14-12-10-8-6-4-2/h47,49,58-59,61,63-64,66H,3-46,48,50-57H2,1-2H3,(H,62,65)/b49-47+. The maximum atomic E-state index is 12.5. The quantitative estimate of drug-likeness (QED) is 0.0361. The highest BCUT2D eigenvalue weighted by molar-refractivity contribution is 5.76. The number of nitrogens with one attached hydrogen (secondary N) is 1. The lowest BCUT2D eigenvalue weighted by Crippen LogP contribution is -2.50. The average Bonchev–Trinajstić information content (AvgIpc) is 3.32. The maximum Gasteiger partial charge on any atom is 0.220 e. The average molecular weight is 933 g/mol. The number of aliphatic hydroxyl groups is 3. The summed E-state index contributed by atoms with van der Waals surface area (Å²) in [6.45, 7) is 4.21. The first kappa shape index (κ1) is 65.1. The van der Waals surface area contributed by atoms with Gasteiger partial charge in [-0.05, 0) is 38.5 Å². The molecule has 66 heavy (non-hydrogen) atoms. The van der Waals surface area contributed by atoms with Gasteiger partial charge in [0.25, 0.3) is 0 Å². The van der Waals surface area contributed by atoms with E-state index in [4.69, 9.17) is 0 Å². The van der Waals surface area contributed by atoms with E-state index in [-0.39, 0.29) is 12.5 Å². The zero-order valence-electron chi connectivity index (χ0n) is 45.1. The smallest absolute Gasteiger partial charge is 0.220 e. The number of unbranched alkanes of at least 4 members (excludes halogenated alkanes) is 47. The Kier molecular flexibility index (Phi) is 55.9.